The van der Waals surface area contributed by atoms with Crippen molar-refractivity contribution in [2.75, 3.05) is 20.6 Å². The molecule has 0 saturated carbocycles. The molecular weight excluding hydrogens is 419 g/mol. The lowest BCUT2D eigenvalue weighted by Crippen LogP contribution is -2.43. The number of carbonyl (C=O) groups excluding carboxylic acids is 2. The van der Waals surface area contributed by atoms with Crippen LogP contribution >= 0.6 is 0 Å². The van der Waals surface area contributed by atoms with Crippen LogP contribution in [0.1, 0.15) is 28.8 Å². The fraction of sp³-hybridized carbons (Fsp3) is 0.185. The van der Waals surface area contributed by atoms with Crippen LogP contribution < -0.4 is 0 Å². The van der Waals surface area contributed by atoms with E-state index in [1.54, 1.807) is 13.1 Å². The molecule has 2 amide bonds. The molecule has 1 atom stereocenters. The molecule has 6 heteroatoms. The van der Waals surface area contributed by atoms with Gasteiger partial charge in [-0.3, -0.25) is 9.69 Å². The molecule has 5 nitrogen and oxygen atoms in total. The number of likely N-dealkylation sites (N-methyl/N-ethyl adjacent to an activating group) is 2. The second kappa shape index (κ2) is 9.28. The molecule has 1 aliphatic carbocycles. The average Bonchev–Trinajstić information content (AvgIpc) is 3.14. The topological polar surface area (TPSA) is 49.9 Å². The summed E-state index contributed by atoms with van der Waals surface area (Å²) >= 11 is 0. The van der Waals surface area contributed by atoms with Gasteiger partial charge >= 0.3 is 6.09 Å². The first-order valence-electron chi connectivity index (χ1n) is 10.7. The third-order valence-corrected chi connectivity index (χ3v) is 5.87. The third kappa shape index (κ3) is 4.24. The van der Waals surface area contributed by atoms with Crippen LogP contribution in [0.4, 0.5) is 9.18 Å². The van der Waals surface area contributed by atoms with E-state index in [1.807, 2.05) is 48.5 Å². The highest BCUT2D eigenvalue weighted by atomic mass is 19.1. The highest BCUT2D eigenvalue weighted by Gasteiger charge is 2.36. The van der Waals surface area contributed by atoms with Crippen molar-refractivity contribution >= 4 is 12.0 Å². The molecule has 0 aliphatic heterocycles. The Morgan fingerprint density at radius 2 is 1.52 bits per heavy atom. The Hall–Kier alpha value is -3.93. The average molecular weight is 445 g/mol. The molecule has 3 aromatic carbocycles. The van der Waals surface area contributed by atoms with Crippen LogP contribution in [0.15, 0.2) is 85.5 Å². The van der Waals surface area contributed by atoms with Gasteiger partial charge in [0.25, 0.3) is 0 Å². The van der Waals surface area contributed by atoms with Crippen LogP contribution in [0.2, 0.25) is 0 Å². The molecule has 0 spiro atoms. The number of nitrogens with zero attached hydrogens (tertiary/aromatic N) is 2. The Labute approximate surface area is 192 Å². The van der Waals surface area contributed by atoms with E-state index >= 15 is 0 Å². The van der Waals surface area contributed by atoms with Gasteiger partial charge in [-0.2, -0.15) is 0 Å². The highest BCUT2D eigenvalue weighted by Crippen LogP contribution is 2.45. The van der Waals surface area contributed by atoms with Crippen molar-refractivity contribution in [2.24, 2.45) is 0 Å². The molecule has 1 aliphatic rings. The van der Waals surface area contributed by atoms with Gasteiger partial charge in [0.1, 0.15) is 11.9 Å². The first-order valence-corrected chi connectivity index (χ1v) is 10.7. The van der Waals surface area contributed by atoms with E-state index in [2.05, 4.69) is 6.58 Å². The summed E-state index contributed by atoms with van der Waals surface area (Å²) in [6.07, 6.45) is 0.369. The van der Waals surface area contributed by atoms with Gasteiger partial charge < -0.3 is 9.64 Å². The number of halogens is 1. The van der Waals surface area contributed by atoms with Gasteiger partial charge in [0.2, 0.25) is 5.91 Å². The molecule has 1 unspecified atom stereocenters. The number of hydrogen-bond acceptors (Lipinski definition) is 3. The Kier molecular flexibility index (Phi) is 6.27. The molecule has 0 radical (unpaired) electrons. The van der Waals surface area contributed by atoms with Crippen LogP contribution in [-0.4, -0.2) is 42.4 Å². The summed E-state index contributed by atoms with van der Waals surface area (Å²) in [5, 5.41) is 0. The molecule has 3 aromatic rings. The molecule has 33 heavy (non-hydrogen) atoms. The van der Waals surface area contributed by atoms with E-state index in [1.165, 1.54) is 41.1 Å². The number of amides is 2. The zero-order valence-electron chi connectivity index (χ0n) is 18.6. The predicted molar refractivity (Wildman–Crippen MR) is 125 cm³/mol. The van der Waals surface area contributed by atoms with Crippen LogP contribution in [0.5, 0.6) is 0 Å². The van der Waals surface area contributed by atoms with Gasteiger partial charge in [-0.15, -0.1) is 6.58 Å². The van der Waals surface area contributed by atoms with Crippen LogP contribution in [0.3, 0.4) is 0 Å². The van der Waals surface area contributed by atoms with E-state index in [4.69, 9.17) is 4.74 Å². The lowest BCUT2D eigenvalue weighted by molar-refractivity contribution is -0.134. The molecular formula is C27H25FN2O3. The number of benzene rings is 3. The Balaban J connectivity index is 1.65. The number of hydrogen-bond donors (Lipinski definition) is 0. The molecule has 0 aromatic heterocycles. The van der Waals surface area contributed by atoms with E-state index in [0.717, 1.165) is 22.3 Å². The fourth-order valence-electron chi connectivity index (χ4n) is 4.19. The van der Waals surface area contributed by atoms with E-state index < -0.39 is 24.1 Å². The van der Waals surface area contributed by atoms with Crippen LogP contribution in [0, 0.1) is 5.82 Å². The molecule has 0 saturated heterocycles. The van der Waals surface area contributed by atoms with Crippen molar-refractivity contribution in [1.82, 2.24) is 9.80 Å². The Bertz CT molecular complexity index is 1150. The summed E-state index contributed by atoms with van der Waals surface area (Å²) in [6.45, 7) is 3.98. The van der Waals surface area contributed by atoms with E-state index in [-0.39, 0.29) is 5.91 Å². The minimum atomic E-state index is -0.977. The molecule has 0 bridgehead atoms. The quantitative estimate of drug-likeness (QED) is 0.482. The minimum absolute atomic E-state index is 0.308. The monoisotopic (exact) mass is 444 g/mol. The van der Waals surface area contributed by atoms with Gasteiger partial charge in [0, 0.05) is 31.8 Å². The second-order valence-electron chi connectivity index (χ2n) is 8.01. The molecule has 0 heterocycles. The molecule has 0 fully saturated rings. The van der Waals surface area contributed by atoms with E-state index in [0.29, 0.717) is 12.1 Å². The van der Waals surface area contributed by atoms with Crippen LogP contribution in [-0.2, 0) is 9.53 Å². The SMILES string of the molecule is C=CCN(C)C(=O)C(c1ccc(F)cc1)N(C)C(=O)OC1c2ccccc2-c2ccccc21. The Morgan fingerprint density at radius 1 is 0.970 bits per heavy atom. The number of carbonyl (C=O) groups is 2. The lowest BCUT2D eigenvalue weighted by Gasteiger charge is -2.31. The highest BCUT2D eigenvalue weighted by molar-refractivity contribution is 5.87. The normalized spacial score (nSPS) is 12.9. The first kappa shape index (κ1) is 22.3. The predicted octanol–water partition coefficient (Wildman–Crippen LogP) is 5.35. The smallest absolute Gasteiger partial charge is 0.411 e. The van der Waals surface area contributed by atoms with Crippen molar-refractivity contribution in [3.63, 3.8) is 0 Å². The first-order chi connectivity index (χ1) is 15.9. The minimum Gasteiger partial charge on any atom is -0.436 e. The van der Waals surface area contributed by atoms with Gasteiger partial charge in [-0.1, -0.05) is 66.7 Å². The number of fused-ring (bicyclic) bond motifs is 3. The summed E-state index contributed by atoms with van der Waals surface area (Å²) in [5.74, 6) is -0.748. The summed E-state index contributed by atoms with van der Waals surface area (Å²) < 4.78 is 19.5. The molecule has 4 rings (SSSR count). The second-order valence-corrected chi connectivity index (χ2v) is 8.01. The van der Waals surface area contributed by atoms with Gasteiger partial charge in [0.05, 0.1) is 0 Å². The number of ether oxygens (including phenoxy) is 1. The third-order valence-electron chi connectivity index (χ3n) is 5.87. The van der Waals surface area contributed by atoms with Gasteiger partial charge in [0.15, 0.2) is 6.10 Å². The molecule has 168 valence electrons. The maximum absolute atomic E-state index is 13.5. The van der Waals surface area contributed by atoms with Crippen molar-refractivity contribution in [3.05, 3.63) is 108 Å². The fourth-order valence-corrected chi connectivity index (χ4v) is 4.19. The molecule has 0 N–H and O–H groups in total. The zero-order valence-corrected chi connectivity index (χ0v) is 18.6. The maximum atomic E-state index is 13.5. The van der Waals surface area contributed by atoms with Crippen molar-refractivity contribution < 1.29 is 18.7 Å². The Morgan fingerprint density at radius 3 is 2.06 bits per heavy atom. The summed E-state index contributed by atoms with van der Waals surface area (Å²) in [6, 6.07) is 20.2. The lowest BCUT2D eigenvalue weighted by atomic mass is 10.0. The standard InChI is InChI=1S/C27H25FN2O3/c1-4-17-29(2)26(31)24(18-13-15-19(28)16-14-18)30(3)27(32)33-25-22-11-7-5-9-20(22)21-10-6-8-12-23(21)25/h4-16,24-25H,1,17H2,2-3H3. The van der Waals surface area contributed by atoms with Gasteiger partial charge in [-0.05, 0) is 28.8 Å². The van der Waals surface area contributed by atoms with Crippen molar-refractivity contribution in [1.29, 1.82) is 0 Å². The van der Waals surface area contributed by atoms with Crippen LogP contribution in [0.25, 0.3) is 11.1 Å². The van der Waals surface area contributed by atoms with Gasteiger partial charge in [-0.25, -0.2) is 9.18 Å². The summed E-state index contributed by atoms with van der Waals surface area (Å²) in [7, 11) is 3.14. The number of rotatable bonds is 6. The van der Waals surface area contributed by atoms with E-state index in [9.17, 15) is 14.0 Å². The summed E-state index contributed by atoms with van der Waals surface area (Å²) in [4.78, 5) is 29.3. The summed E-state index contributed by atoms with van der Waals surface area (Å²) in [5.41, 5.74) is 4.32. The zero-order chi connectivity index (χ0) is 23.5. The largest absolute Gasteiger partial charge is 0.436 e. The maximum Gasteiger partial charge on any atom is 0.411 e. The van der Waals surface area contributed by atoms with Crippen molar-refractivity contribution in [2.45, 2.75) is 12.1 Å². The van der Waals surface area contributed by atoms with Crippen molar-refractivity contribution in [3.8, 4) is 11.1 Å².